The van der Waals surface area contributed by atoms with Crippen LogP contribution in [0.2, 0.25) is 0 Å². The molecule has 0 spiro atoms. The summed E-state index contributed by atoms with van der Waals surface area (Å²) in [6.07, 6.45) is 9.33. The van der Waals surface area contributed by atoms with Gasteiger partial charge in [-0.3, -0.25) is 4.68 Å². The summed E-state index contributed by atoms with van der Waals surface area (Å²) in [5.74, 6) is 0.791. The Hall–Kier alpha value is -2.63. The van der Waals surface area contributed by atoms with E-state index in [1.165, 1.54) is 0 Å². The second kappa shape index (κ2) is 5.78. The molecular weight excluding hydrogens is 264 g/mol. The van der Waals surface area contributed by atoms with E-state index < -0.39 is 0 Å². The summed E-state index contributed by atoms with van der Waals surface area (Å²) in [5.41, 5.74) is 2.08. The summed E-state index contributed by atoms with van der Waals surface area (Å²) in [4.78, 5) is 4.38. The summed E-state index contributed by atoms with van der Waals surface area (Å²) >= 11 is 0. The van der Waals surface area contributed by atoms with Crippen LogP contribution in [0.4, 0.5) is 5.69 Å². The SMILES string of the molecule is CC(C)n1cc(CNc2cccnc2-n2cccn2)cn1. The molecule has 3 aromatic heterocycles. The van der Waals surface area contributed by atoms with Crippen LogP contribution in [0.25, 0.3) is 5.82 Å². The summed E-state index contributed by atoms with van der Waals surface area (Å²) in [5, 5.41) is 12.0. The summed E-state index contributed by atoms with van der Waals surface area (Å²) in [6.45, 7) is 4.93. The molecule has 0 aliphatic rings. The van der Waals surface area contributed by atoms with Crippen LogP contribution in [-0.2, 0) is 6.54 Å². The van der Waals surface area contributed by atoms with Gasteiger partial charge in [0, 0.05) is 42.9 Å². The molecule has 0 fully saturated rings. The number of aromatic nitrogens is 5. The van der Waals surface area contributed by atoms with Crippen molar-refractivity contribution in [3.8, 4) is 5.82 Å². The van der Waals surface area contributed by atoms with Gasteiger partial charge in [-0.2, -0.15) is 10.2 Å². The van der Waals surface area contributed by atoms with Gasteiger partial charge in [-0.25, -0.2) is 9.67 Å². The Morgan fingerprint density at radius 1 is 1.19 bits per heavy atom. The van der Waals surface area contributed by atoms with Crippen LogP contribution in [0.3, 0.4) is 0 Å². The molecule has 0 saturated heterocycles. The average molecular weight is 282 g/mol. The number of pyridine rings is 1. The van der Waals surface area contributed by atoms with Gasteiger partial charge in [0.05, 0.1) is 11.9 Å². The van der Waals surface area contributed by atoms with Gasteiger partial charge < -0.3 is 5.32 Å². The average Bonchev–Trinajstić information content (AvgIpc) is 3.17. The molecule has 3 rings (SSSR count). The standard InChI is InChI=1S/C15H18N6/c1-12(2)21-11-13(10-19-21)9-17-14-5-3-6-16-15(14)20-8-4-7-18-20/h3-8,10-12,17H,9H2,1-2H3. The fourth-order valence-corrected chi connectivity index (χ4v) is 2.06. The lowest BCUT2D eigenvalue weighted by atomic mass is 10.3. The predicted octanol–water partition coefficient (Wildman–Crippen LogP) is 2.66. The molecule has 0 unspecified atom stereocenters. The Morgan fingerprint density at radius 2 is 2.10 bits per heavy atom. The summed E-state index contributed by atoms with van der Waals surface area (Å²) < 4.78 is 3.70. The van der Waals surface area contributed by atoms with Gasteiger partial charge in [0.25, 0.3) is 0 Å². The zero-order valence-corrected chi connectivity index (χ0v) is 12.1. The highest BCUT2D eigenvalue weighted by Gasteiger charge is 2.07. The zero-order valence-electron chi connectivity index (χ0n) is 12.1. The van der Waals surface area contributed by atoms with Gasteiger partial charge in [-0.15, -0.1) is 0 Å². The first-order chi connectivity index (χ1) is 10.2. The van der Waals surface area contributed by atoms with Crippen molar-refractivity contribution in [2.75, 3.05) is 5.32 Å². The molecule has 0 amide bonds. The van der Waals surface area contributed by atoms with Crippen LogP contribution in [0, 0.1) is 0 Å². The predicted molar refractivity (Wildman–Crippen MR) is 81.3 cm³/mol. The lowest BCUT2D eigenvalue weighted by Crippen LogP contribution is -2.06. The Morgan fingerprint density at radius 3 is 2.81 bits per heavy atom. The Labute approximate surface area is 123 Å². The third-order valence-electron chi connectivity index (χ3n) is 3.18. The molecule has 0 saturated carbocycles. The molecule has 0 radical (unpaired) electrons. The smallest absolute Gasteiger partial charge is 0.176 e. The largest absolute Gasteiger partial charge is 0.378 e. The van der Waals surface area contributed by atoms with Gasteiger partial charge in [0.2, 0.25) is 0 Å². The normalized spacial score (nSPS) is 11.0. The molecule has 3 aromatic rings. The second-order valence-electron chi connectivity index (χ2n) is 5.10. The molecular formula is C15H18N6. The van der Waals surface area contributed by atoms with E-state index in [1.807, 2.05) is 35.3 Å². The fraction of sp³-hybridized carbons (Fsp3) is 0.267. The first-order valence-corrected chi connectivity index (χ1v) is 6.96. The zero-order chi connectivity index (χ0) is 14.7. The van der Waals surface area contributed by atoms with Crippen molar-refractivity contribution in [2.24, 2.45) is 0 Å². The lowest BCUT2D eigenvalue weighted by molar-refractivity contribution is 0.532. The van der Waals surface area contributed by atoms with Gasteiger partial charge in [0.1, 0.15) is 0 Å². The van der Waals surface area contributed by atoms with Gasteiger partial charge in [0.15, 0.2) is 5.82 Å². The van der Waals surface area contributed by atoms with Crippen molar-refractivity contribution in [1.29, 1.82) is 0 Å². The first-order valence-electron chi connectivity index (χ1n) is 6.96. The minimum atomic E-state index is 0.372. The van der Waals surface area contributed by atoms with Crippen molar-refractivity contribution in [3.63, 3.8) is 0 Å². The Balaban J connectivity index is 1.76. The molecule has 6 nitrogen and oxygen atoms in total. The van der Waals surface area contributed by atoms with Crippen LogP contribution >= 0.6 is 0 Å². The molecule has 3 heterocycles. The number of rotatable bonds is 5. The van der Waals surface area contributed by atoms with Gasteiger partial charge in [-0.1, -0.05) is 0 Å². The van der Waals surface area contributed by atoms with E-state index in [2.05, 4.69) is 40.5 Å². The van der Waals surface area contributed by atoms with Crippen molar-refractivity contribution in [3.05, 3.63) is 54.7 Å². The molecule has 0 aliphatic carbocycles. The monoisotopic (exact) mass is 282 g/mol. The van der Waals surface area contributed by atoms with E-state index in [0.29, 0.717) is 12.6 Å². The van der Waals surface area contributed by atoms with Crippen molar-refractivity contribution in [2.45, 2.75) is 26.4 Å². The minimum Gasteiger partial charge on any atom is -0.378 e. The van der Waals surface area contributed by atoms with E-state index in [1.54, 1.807) is 17.1 Å². The van der Waals surface area contributed by atoms with E-state index in [-0.39, 0.29) is 0 Å². The molecule has 0 atom stereocenters. The molecule has 0 bridgehead atoms. The molecule has 0 aliphatic heterocycles. The highest BCUT2D eigenvalue weighted by Crippen LogP contribution is 2.17. The van der Waals surface area contributed by atoms with Gasteiger partial charge in [-0.05, 0) is 32.0 Å². The maximum Gasteiger partial charge on any atom is 0.176 e. The maximum absolute atomic E-state index is 4.38. The van der Waals surface area contributed by atoms with Crippen molar-refractivity contribution >= 4 is 5.69 Å². The number of anilines is 1. The molecule has 1 N–H and O–H groups in total. The van der Waals surface area contributed by atoms with E-state index in [9.17, 15) is 0 Å². The number of nitrogens with one attached hydrogen (secondary N) is 1. The quantitative estimate of drug-likeness (QED) is 0.781. The third-order valence-corrected chi connectivity index (χ3v) is 3.18. The van der Waals surface area contributed by atoms with Crippen LogP contribution in [0.15, 0.2) is 49.2 Å². The highest BCUT2D eigenvalue weighted by atomic mass is 15.3. The molecule has 0 aromatic carbocycles. The van der Waals surface area contributed by atoms with E-state index >= 15 is 0 Å². The second-order valence-corrected chi connectivity index (χ2v) is 5.10. The third kappa shape index (κ3) is 2.94. The van der Waals surface area contributed by atoms with Crippen molar-refractivity contribution in [1.82, 2.24) is 24.5 Å². The topological polar surface area (TPSA) is 60.6 Å². The fourth-order valence-electron chi connectivity index (χ4n) is 2.06. The number of hydrogen-bond acceptors (Lipinski definition) is 4. The van der Waals surface area contributed by atoms with Gasteiger partial charge >= 0.3 is 0 Å². The Bertz CT molecular complexity index is 699. The van der Waals surface area contributed by atoms with Crippen LogP contribution in [0.1, 0.15) is 25.5 Å². The van der Waals surface area contributed by atoms with Crippen LogP contribution in [-0.4, -0.2) is 24.5 Å². The lowest BCUT2D eigenvalue weighted by Gasteiger charge is -2.10. The summed E-state index contributed by atoms with van der Waals surface area (Å²) in [6, 6.07) is 6.16. The van der Waals surface area contributed by atoms with Crippen molar-refractivity contribution < 1.29 is 0 Å². The number of hydrogen-bond donors (Lipinski definition) is 1. The van der Waals surface area contributed by atoms with E-state index in [0.717, 1.165) is 17.1 Å². The molecule has 6 heteroatoms. The van der Waals surface area contributed by atoms with Crippen LogP contribution < -0.4 is 5.32 Å². The summed E-state index contributed by atoms with van der Waals surface area (Å²) in [7, 11) is 0. The minimum absolute atomic E-state index is 0.372. The maximum atomic E-state index is 4.38. The molecule has 21 heavy (non-hydrogen) atoms. The van der Waals surface area contributed by atoms with E-state index in [4.69, 9.17) is 0 Å². The van der Waals surface area contributed by atoms with Crippen LogP contribution in [0.5, 0.6) is 0 Å². The Kier molecular flexibility index (Phi) is 3.68. The number of nitrogens with zero attached hydrogens (tertiary/aromatic N) is 5. The molecule has 108 valence electrons. The first kappa shape index (κ1) is 13.4. The highest BCUT2D eigenvalue weighted by molar-refractivity contribution is 5.56.